The predicted molar refractivity (Wildman–Crippen MR) is 62.2 cm³/mol. The SMILES string of the molecule is O=C1CC[C@@]2(C(F)(F)F)Nc3ccc([N+](=O)[O-])cc3N12. The molecular weight excluding hydrogens is 279 g/mol. The number of alkyl halides is 3. The second-order valence-corrected chi connectivity index (χ2v) is 4.67. The van der Waals surface area contributed by atoms with Crippen molar-refractivity contribution in [1.29, 1.82) is 0 Å². The number of anilines is 2. The van der Waals surface area contributed by atoms with E-state index in [-0.39, 0.29) is 23.5 Å². The van der Waals surface area contributed by atoms with Crippen molar-refractivity contribution in [3.63, 3.8) is 0 Å². The molecule has 1 atom stereocenters. The molecule has 106 valence electrons. The third-order valence-corrected chi connectivity index (χ3v) is 3.58. The zero-order chi connectivity index (χ0) is 14.7. The van der Waals surface area contributed by atoms with E-state index >= 15 is 0 Å². The highest BCUT2D eigenvalue weighted by Crippen LogP contribution is 2.53. The van der Waals surface area contributed by atoms with E-state index in [0.717, 1.165) is 12.1 Å². The van der Waals surface area contributed by atoms with E-state index in [2.05, 4.69) is 5.32 Å². The minimum atomic E-state index is -4.67. The van der Waals surface area contributed by atoms with Gasteiger partial charge >= 0.3 is 6.18 Å². The van der Waals surface area contributed by atoms with Crippen LogP contribution in [-0.4, -0.2) is 22.7 Å². The molecule has 0 aromatic heterocycles. The van der Waals surface area contributed by atoms with Gasteiger partial charge in [-0.25, -0.2) is 0 Å². The number of hydrogen-bond donors (Lipinski definition) is 1. The highest BCUT2D eigenvalue weighted by molar-refractivity contribution is 6.04. The molecule has 6 nitrogen and oxygen atoms in total. The van der Waals surface area contributed by atoms with Crippen molar-refractivity contribution in [2.45, 2.75) is 24.7 Å². The van der Waals surface area contributed by atoms with Crippen LogP contribution in [0.5, 0.6) is 0 Å². The molecule has 1 aromatic rings. The standard InChI is InChI=1S/C11H8F3N3O3/c12-11(13,14)10-4-3-9(18)16(10)8-5-6(17(19)20)1-2-7(8)15-10/h1-2,5,15H,3-4H2/t10-/m1/s1. The van der Waals surface area contributed by atoms with Gasteiger partial charge in [-0.1, -0.05) is 0 Å². The second kappa shape index (κ2) is 3.62. The lowest BCUT2D eigenvalue weighted by molar-refractivity contribution is -0.384. The number of hydrogen-bond acceptors (Lipinski definition) is 4. The largest absolute Gasteiger partial charge is 0.430 e. The summed E-state index contributed by atoms with van der Waals surface area (Å²) in [5, 5.41) is 13.0. The summed E-state index contributed by atoms with van der Waals surface area (Å²) in [5.41, 5.74) is -2.87. The fourth-order valence-corrected chi connectivity index (χ4v) is 2.67. The van der Waals surface area contributed by atoms with Gasteiger partial charge in [-0.05, 0) is 6.07 Å². The third-order valence-electron chi connectivity index (χ3n) is 3.58. The number of carbonyl (C=O) groups excluding carboxylic acids is 1. The lowest BCUT2D eigenvalue weighted by atomic mass is 10.1. The van der Waals surface area contributed by atoms with Gasteiger partial charge in [-0.2, -0.15) is 13.2 Å². The summed E-state index contributed by atoms with van der Waals surface area (Å²) in [7, 11) is 0. The van der Waals surface area contributed by atoms with E-state index in [9.17, 15) is 28.1 Å². The number of nitrogens with one attached hydrogen (secondary N) is 1. The zero-order valence-corrected chi connectivity index (χ0v) is 9.90. The Balaban J connectivity index is 2.17. The third kappa shape index (κ3) is 1.43. The fraction of sp³-hybridized carbons (Fsp3) is 0.364. The first-order chi connectivity index (χ1) is 9.26. The number of nitro benzene ring substituents is 1. The Bertz CT molecular complexity index is 631. The first-order valence-electron chi connectivity index (χ1n) is 5.73. The van der Waals surface area contributed by atoms with Crippen molar-refractivity contribution in [2.75, 3.05) is 10.2 Å². The number of nitro groups is 1. The van der Waals surface area contributed by atoms with E-state index < -0.39 is 29.1 Å². The average molecular weight is 287 g/mol. The van der Waals surface area contributed by atoms with E-state index in [1.807, 2.05) is 0 Å². The van der Waals surface area contributed by atoms with Gasteiger partial charge in [0.1, 0.15) is 0 Å². The van der Waals surface area contributed by atoms with E-state index in [1.165, 1.54) is 6.07 Å². The predicted octanol–water partition coefficient (Wildman–Crippen LogP) is 2.41. The summed E-state index contributed by atoms with van der Waals surface area (Å²) in [6, 6.07) is 3.27. The molecule has 0 spiro atoms. The summed E-state index contributed by atoms with van der Waals surface area (Å²) >= 11 is 0. The normalized spacial score (nSPS) is 24.4. The minimum Gasteiger partial charge on any atom is -0.353 e. The Morgan fingerprint density at radius 2 is 2.10 bits per heavy atom. The molecule has 20 heavy (non-hydrogen) atoms. The maximum Gasteiger partial charge on any atom is 0.430 e. The van der Waals surface area contributed by atoms with Gasteiger partial charge in [0.15, 0.2) is 0 Å². The lowest BCUT2D eigenvalue weighted by Crippen LogP contribution is -2.58. The first kappa shape index (κ1) is 12.7. The summed E-state index contributed by atoms with van der Waals surface area (Å²) in [6.07, 6.45) is -5.35. The molecule has 9 heteroatoms. The van der Waals surface area contributed by atoms with Crippen molar-refractivity contribution in [3.05, 3.63) is 28.3 Å². The number of benzene rings is 1. The van der Waals surface area contributed by atoms with Crippen LogP contribution in [-0.2, 0) is 4.79 Å². The van der Waals surface area contributed by atoms with Crippen LogP contribution < -0.4 is 10.2 Å². The zero-order valence-electron chi connectivity index (χ0n) is 9.90. The van der Waals surface area contributed by atoms with Crippen LogP contribution in [0.1, 0.15) is 12.8 Å². The van der Waals surface area contributed by atoms with Gasteiger partial charge in [-0.3, -0.25) is 19.8 Å². The monoisotopic (exact) mass is 287 g/mol. The van der Waals surface area contributed by atoms with Gasteiger partial charge < -0.3 is 5.32 Å². The number of rotatable bonds is 1. The molecule has 0 bridgehead atoms. The summed E-state index contributed by atoms with van der Waals surface area (Å²) in [5.74, 6) is -0.700. The summed E-state index contributed by atoms with van der Waals surface area (Å²) in [4.78, 5) is 22.4. The molecule has 1 N–H and O–H groups in total. The molecule has 3 rings (SSSR count). The molecule has 1 saturated heterocycles. The van der Waals surface area contributed by atoms with Crippen molar-refractivity contribution in [1.82, 2.24) is 0 Å². The Labute approximate surface area is 110 Å². The second-order valence-electron chi connectivity index (χ2n) is 4.67. The van der Waals surface area contributed by atoms with E-state index in [4.69, 9.17) is 0 Å². The fourth-order valence-electron chi connectivity index (χ4n) is 2.67. The summed E-state index contributed by atoms with van der Waals surface area (Å²) < 4.78 is 39.9. The molecule has 1 amide bonds. The number of carbonyl (C=O) groups is 1. The average Bonchev–Trinajstić information content (AvgIpc) is 2.84. The van der Waals surface area contributed by atoms with Crippen LogP contribution >= 0.6 is 0 Å². The molecular formula is C11H8F3N3O3. The van der Waals surface area contributed by atoms with Crippen molar-refractivity contribution >= 4 is 23.0 Å². The van der Waals surface area contributed by atoms with Gasteiger partial charge in [-0.15, -0.1) is 0 Å². The van der Waals surface area contributed by atoms with Gasteiger partial charge in [0.05, 0.1) is 16.3 Å². The number of nitrogens with zero attached hydrogens (tertiary/aromatic N) is 2. The van der Waals surface area contributed by atoms with Crippen molar-refractivity contribution in [2.24, 2.45) is 0 Å². The highest BCUT2D eigenvalue weighted by atomic mass is 19.4. The van der Waals surface area contributed by atoms with Crippen molar-refractivity contribution in [3.8, 4) is 0 Å². The number of non-ortho nitro benzene ring substituents is 1. The van der Waals surface area contributed by atoms with Gasteiger partial charge in [0.2, 0.25) is 11.6 Å². The Hall–Kier alpha value is -2.32. The van der Waals surface area contributed by atoms with Crippen molar-refractivity contribution < 1.29 is 22.9 Å². The van der Waals surface area contributed by atoms with Crippen LogP contribution in [0.4, 0.5) is 30.2 Å². The first-order valence-corrected chi connectivity index (χ1v) is 5.73. The van der Waals surface area contributed by atoms with Crippen LogP contribution in [0, 0.1) is 10.1 Å². The quantitative estimate of drug-likeness (QED) is 0.635. The molecule has 0 saturated carbocycles. The number of amides is 1. The minimum absolute atomic E-state index is 0.0703. The number of fused-ring (bicyclic) bond motifs is 3. The maximum absolute atomic E-state index is 13.3. The topological polar surface area (TPSA) is 75.5 Å². The van der Waals surface area contributed by atoms with Crippen LogP contribution in [0.25, 0.3) is 0 Å². The lowest BCUT2D eigenvalue weighted by Gasteiger charge is -2.33. The van der Waals surface area contributed by atoms with E-state index in [1.54, 1.807) is 0 Å². The molecule has 1 fully saturated rings. The Kier molecular flexibility index (Phi) is 2.30. The molecule has 2 heterocycles. The Morgan fingerprint density at radius 1 is 1.40 bits per heavy atom. The van der Waals surface area contributed by atoms with Gasteiger partial charge in [0, 0.05) is 25.0 Å². The van der Waals surface area contributed by atoms with Crippen LogP contribution in [0.15, 0.2) is 18.2 Å². The molecule has 2 aliphatic rings. The smallest absolute Gasteiger partial charge is 0.353 e. The highest BCUT2D eigenvalue weighted by Gasteiger charge is 2.67. The Morgan fingerprint density at radius 3 is 2.70 bits per heavy atom. The molecule has 0 aliphatic carbocycles. The summed E-state index contributed by atoms with van der Waals surface area (Å²) in [6.45, 7) is 0. The number of halogens is 3. The molecule has 0 unspecified atom stereocenters. The molecule has 0 radical (unpaired) electrons. The molecule has 1 aromatic carbocycles. The van der Waals surface area contributed by atoms with Crippen LogP contribution in [0.2, 0.25) is 0 Å². The van der Waals surface area contributed by atoms with Crippen LogP contribution in [0.3, 0.4) is 0 Å². The van der Waals surface area contributed by atoms with E-state index in [0.29, 0.717) is 4.90 Å². The molecule has 2 aliphatic heterocycles. The maximum atomic E-state index is 13.3. The van der Waals surface area contributed by atoms with Gasteiger partial charge in [0.25, 0.3) is 5.69 Å².